The molecule has 0 bridgehead atoms. The van der Waals surface area contributed by atoms with E-state index in [9.17, 15) is 0 Å². The highest BCUT2D eigenvalue weighted by atomic mass is 13.8. The molecular weight excluding hydrogens is 168 g/mol. The van der Waals surface area contributed by atoms with E-state index in [0.29, 0.717) is 0 Å². The van der Waals surface area contributed by atoms with Crippen molar-refractivity contribution in [3.05, 3.63) is 72.8 Å². The quantitative estimate of drug-likeness (QED) is 0.578. The van der Waals surface area contributed by atoms with Gasteiger partial charge in [-0.2, -0.15) is 0 Å². The Morgan fingerprint density at radius 2 is 1.14 bits per heavy atom. The number of hydrogen-bond acceptors (Lipinski definition) is 0. The summed E-state index contributed by atoms with van der Waals surface area (Å²) < 4.78 is 0. The standard InChI is InChI=1S/C14H8/c1-2-4-6-10-14-12-8-7-11-13(14)9-5-3-1/h1-4,7-8,11-12H. The zero-order chi connectivity index (χ0) is 9.64. The summed E-state index contributed by atoms with van der Waals surface area (Å²) in [5, 5.41) is 1.97. The largest absolute Gasteiger partial charge is 0.0696 e. The van der Waals surface area contributed by atoms with Gasteiger partial charge in [0.2, 0.25) is 0 Å². The molecule has 0 saturated carbocycles. The van der Waals surface area contributed by atoms with Crippen LogP contribution in [0.2, 0.25) is 0 Å². The van der Waals surface area contributed by atoms with Crippen LogP contribution in [-0.4, -0.2) is 0 Å². The fourth-order valence-electron chi connectivity index (χ4n) is 1.15. The second-order valence-electron chi connectivity index (χ2n) is 2.80. The fourth-order valence-corrected chi connectivity index (χ4v) is 1.15. The van der Waals surface area contributed by atoms with Crippen LogP contribution in [0.4, 0.5) is 0 Å². The Morgan fingerprint density at radius 3 is 1.64 bits per heavy atom. The molecule has 2 aromatic rings. The molecule has 0 nitrogen and oxygen atoms in total. The van der Waals surface area contributed by atoms with Gasteiger partial charge in [0.05, 0.1) is 0 Å². The predicted octanol–water partition coefficient (Wildman–Crippen LogP) is 3.16. The SMILES string of the molecule is c1ccccc#cc2ccccc2c#1. The van der Waals surface area contributed by atoms with Gasteiger partial charge in [0, 0.05) is 10.8 Å². The van der Waals surface area contributed by atoms with E-state index in [1.165, 1.54) is 0 Å². The van der Waals surface area contributed by atoms with Crippen LogP contribution in [-0.2, 0) is 0 Å². The Labute approximate surface area is 84.2 Å². The van der Waals surface area contributed by atoms with Gasteiger partial charge in [0.1, 0.15) is 0 Å². The first-order valence-electron chi connectivity index (χ1n) is 4.40. The van der Waals surface area contributed by atoms with Crippen molar-refractivity contribution in [2.24, 2.45) is 0 Å². The van der Waals surface area contributed by atoms with Crippen molar-refractivity contribution >= 4 is 10.8 Å². The third-order valence-electron chi connectivity index (χ3n) is 1.81. The molecule has 0 aromatic heterocycles. The highest BCUT2D eigenvalue weighted by Gasteiger charge is 1.82. The van der Waals surface area contributed by atoms with Crippen LogP contribution in [0.1, 0.15) is 0 Å². The third kappa shape index (κ3) is 1.94. The van der Waals surface area contributed by atoms with Crippen LogP contribution in [0, 0.1) is 24.3 Å². The van der Waals surface area contributed by atoms with E-state index in [1.807, 2.05) is 48.5 Å². The van der Waals surface area contributed by atoms with E-state index in [0.717, 1.165) is 10.8 Å². The fraction of sp³-hybridized carbons (Fsp3) is 0. The van der Waals surface area contributed by atoms with Crippen molar-refractivity contribution in [3.63, 3.8) is 0 Å². The molecule has 0 aliphatic heterocycles. The Morgan fingerprint density at radius 1 is 0.643 bits per heavy atom. The molecule has 0 radical (unpaired) electrons. The summed E-state index contributed by atoms with van der Waals surface area (Å²) in [5.41, 5.74) is 0. The lowest BCUT2D eigenvalue weighted by molar-refractivity contribution is 1.77. The minimum Gasteiger partial charge on any atom is -0.0696 e. The number of fused-ring (bicyclic) bond motifs is 1. The summed E-state index contributed by atoms with van der Waals surface area (Å²) in [7, 11) is 0. The van der Waals surface area contributed by atoms with Gasteiger partial charge >= 0.3 is 0 Å². The summed E-state index contributed by atoms with van der Waals surface area (Å²) in [4.78, 5) is 0. The first-order chi connectivity index (χ1) is 6.97. The molecule has 0 unspecified atom stereocenters. The molecule has 0 aliphatic rings. The Hall–Kier alpha value is -2.18. The summed E-state index contributed by atoms with van der Waals surface area (Å²) in [5.74, 6) is 0. The number of hydrogen-bond donors (Lipinski definition) is 0. The second-order valence-corrected chi connectivity index (χ2v) is 2.80. The van der Waals surface area contributed by atoms with Crippen LogP contribution < -0.4 is 0 Å². The molecule has 0 heterocycles. The maximum Gasteiger partial charge on any atom is 0.0405 e. The van der Waals surface area contributed by atoms with Gasteiger partial charge in [0.25, 0.3) is 0 Å². The summed E-state index contributed by atoms with van der Waals surface area (Å²) in [6, 6.07) is 27.4. The molecule has 64 valence electrons. The lowest BCUT2D eigenvalue weighted by Crippen LogP contribution is -1.62. The van der Waals surface area contributed by atoms with Crippen LogP contribution in [0.25, 0.3) is 10.8 Å². The van der Waals surface area contributed by atoms with Crippen LogP contribution >= 0.6 is 0 Å². The van der Waals surface area contributed by atoms with Crippen molar-refractivity contribution in [2.45, 2.75) is 0 Å². The zero-order valence-electron chi connectivity index (χ0n) is 7.62. The molecule has 0 amide bonds. The highest BCUT2D eigenvalue weighted by Crippen LogP contribution is 2.04. The monoisotopic (exact) mass is 176 g/mol. The van der Waals surface area contributed by atoms with Crippen molar-refractivity contribution in [3.8, 4) is 0 Å². The van der Waals surface area contributed by atoms with Gasteiger partial charge in [-0.1, -0.05) is 48.5 Å². The van der Waals surface area contributed by atoms with Gasteiger partial charge in [-0.3, -0.25) is 0 Å². The molecular formula is C14H8. The Kier molecular flexibility index (Phi) is 2.51. The predicted molar refractivity (Wildman–Crippen MR) is 56.9 cm³/mol. The number of rotatable bonds is 0. The van der Waals surface area contributed by atoms with Gasteiger partial charge < -0.3 is 0 Å². The normalized spacial score (nSPS) is 8.29. The molecule has 2 aromatic carbocycles. The van der Waals surface area contributed by atoms with Crippen LogP contribution in [0.5, 0.6) is 0 Å². The minimum absolute atomic E-state index is 0.986. The Balaban J connectivity index is 2.76. The number of benzene rings is 1. The minimum atomic E-state index is 0.986. The van der Waals surface area contributed by atoms with Gasteiger partial charge in [-0.05, 0) is 24.3 Å². The maximum atomic E-state index is 3.06. The Bertz CT molecular complexity index is 425. The van der Waals surface area contributed by atoms with Gasteiger partial charge in [-0.15, -0.1) is 0 Å². The average Bonchev–Trinajstić information content (AvgIpc) is 2.25. The maximum absolute atomic E-state index is 3.06. The van der Waals surface area contributed by atoms with E-state index in [1.54, 1.807) is 0 Å². The van der Waals surface area contributed by atoms with Crippen molar-refractivity contribution in [1.29, 1.82) is 0 Å². The lowest BCUT2D eigenvalue weighted by Gasteiger charge is -1.83. The molecule has 2 rings (SSSR count). The summed E-state index contributed by atoms with van der Waals surface area (Å²) in [6.45, 7) is 0. The van der Waals surface area contributed by atoms with E-state index in [-0.39, 0.29) is 0 Å². The van der Waals surface area contributed by atoms with Gasteiger partial charge in [-0.25, -0.2) is 0 Å². The lowest BCUT2D eigenvalue weighted by atomic mass is 10.2. The molecule has 0 spiro atoms. The van der Waals surface area contributed by atoms with E-state index in [2.05, 4.69) is 24.3 Å². The second kappa shape index (κ2) is 4.17. The first-order valence-corrected chi connectivity index (χ1v) is 4.40. The smallest absolute Gasteiger partial charge is 0.0405 e. The van der Waals surface area contributed by atoms with Gasteiger partial charge in [0.15, 0.2) is 0 Å². The zero-order valence-corrected chi connectivity index (χ0v) is 7.62. The first kappa shape index (κ1) is 8.42. The highest BCUT2D eigenvalue weighted by molar-refractivity contribution is 5.78. The van der Waals surface area contributed by atoms with E-state index < -0.39 is 0 Å². The topological polar surface area (TPSA) is 0 Å². The average molecular weight is 176 g/mol. The molecule has 0 aliphatic carbocycles. The van der Waals surface area contributed by atoms with E-state index in [4.69, 9.17) is 0 Å². The van der Waals surface area contributed by atoms with Crippen molar-refractivity contribution in [2.75, 3.05) is 0 Å². The van der Waals surface area contributed by atoms with E-state index >= 15 is 0 Å². The van der Waals surface area contributed by atoms with Crippen LogP contribution in [0.3, 0.4) is 0 Å². The molecule has 14 heavy (non-hydrogen) atoms. The van der Waals surface area contributed by atoms with Crippen molar-refractivity contribution < 1.29 is 0 Å². The molecule has 0 saturated heterocycles. The van der Waals surface area contributed by atoms with Crippen molar-refractivity contribution in [1.82, 2.24) is 0 Å². The summed E-state index contributed by atoms with van der Waals surface area (Å²) in [6.07, 6.45) is 0. The van der Waals surface area contributed by atoms with Crippen LogP contribution in [0.15, 0.2) is 48.5 Å². The molecule has 0 heteroatoms. The third-order valence-corrected chi connectivity index (χ3v) is 1.81. The molecule has 0 fully saturated rings. The summed E-state index contributed by atoms with van der Waals surface area (Å²) >= 11 is 0. The molecule has 0 atom stereocenters. The molecule has 0 N–H and O–H groups in total.